The molecule has 1 aliphatic rings. The molecular weight excluding hydrogens is 264 g/mol. The Labute approximate surface area is 124 Å². The fourth-order valence-corrected chi connectivity index (χ4v) is 2.64. The number of hydrogen-bond donors (Lipinski definition) is 0. The molecule has 0 spiro atoms. The van der Waals surface area contributed by atoms with E-state index in [4.69, 9.17) is 4.74 Å². The quantitative estimate of drug-likeness (QED) is 0.870. The number of pyridine rings is 1. The van der Waals surface area contributed by atoms with Gasteiger partial charge in [0.1, 0.15) is 5.75 Å². The minimum Gasteiger partial charge on any atom is -0.484 e. The van der Waals surface area contributed by atoms with Gasteiger partial charge in [0.2, 0.25) is 0 Å². The number of likely N-dealkylation sites (tertiary alicyclic amines) is 1. The van der Waals surface area contributed by atoms with Crippen LogP contribution in [-0.4, -0.2) is 35.5 Å². The number of piperidine rings is 1. The third-order valence-corrected chi connectivity index (χ3v) is 4.07. The van der Waals surface area contributed by atoms with Gasteiger partial charge in [-0.3, -0.25) is 9.78 Å². The van der Waals surface area contributed by atoms with Crippen molar-refractivity contribution >= 4 is 16.8 Å². The van der Waals surface area contributed by atoms with Gasteiger partial charge < -0.3 is 9.64 Å². The van der Waals surface area contributed by atoms with Crippen molar-refractivity contribution in [3.8, 4) is 5.75 Å². The summed E-state index contributed by atoms with van der Waals surface area (Å²) in [5.41, 5.74) is 0.932. The Morgan fingerprint density at radius 2 is 2.14 bits per heavy atom. The number of ether oxygens (including phenoxy) is 1. The zero-order valence-corrected chi connectivity index (χ0v) is 12.3. The Balaban J connectivity index is 1.59. The van der Waals surface area contributed by atoms with E-state index in [0.717, 1.165) is 42.8 Å². The summed E-state index contributed by atoms with van der Waals surface area (Å²) in [6.45, 7) is 4.05. The Hall–Kier alpha value is -2.10. The molecule has 0 unspecified atom stereocenters. The number of carbonyl (C=O) groups is 1. The third kappa shape index (κ3) is 3.32. The van der Waals surface area contributed by atoms with Crippen LogP contribution in [0.3, 0.4) is 0 Å². The predicted octanol–water partition coefficient (Wildman–Crippen LogP) is 2.87. The molecule has 4 heteroatoms. The molecule has 2 heterocycles. The highest BCUT2D eigenvalue weighted by atomic mass is 16.5. The lowest BCUT2D eigenvalue weighted by atomic mass is 9.99. The number of carbonyl (C=O) groups excluding carboxylic acids is 1. The summed E-state index contributed by atoms with van der Waals surface area (Å²) in [5, 5.41) is 1.02. The molecule has 0 atom stereocenters. The van der Waals surface area contributed by atoms with E-state index in [1.54, 1.807) is 6.20 Å². The average molecular weight is 284 g/mol. The maximum absolute atomic E-state index is 12.1. The Morgan fingerprint density at radius 1 is 1.33 bits per heavy atom. The number of hydrogen-bond acceptors (Lipinski definition) is 3. The maximum atomic E-state index is 12.1. The number of fused-ring (bicyclic) bond motifs is 1. The second-order valence-electron chi connectivity index (χ2n) is 5.71. The van der Waals surface area contributed by atoms with E-state index in [2.05, 4.69) is 11.9 Å². The maximum Gasteiger partial charge on any atom is 0.260 e. The standard InChI is InChI=1S/C17H20N2O2/c1-13-6-9-19(10-7-13)17(20)12-21-15-4-5-16-14(11-15)3-2-8-18-16/h2-5,8,11,13H,6-7,9-10,12H2,1H3. The van der Waals surface area contributed by atoms with Crippen LogP contribution < -0.4 is 4.74 Å². The van der Waals surface area contributed by atoms with Crippen molar-refractivity contribution in [2.75, 3.05) is 19.7 Å². The molecule has 1 aromatic carbocycles. The molecule has 0 radical (unpaired) electrons. The molecule has 1 saturated heterocycles. The first-order valence-electron chi connectivity index (χ1n) is 7.48. The van der Waals surface area contributed by atoms with Gasteiger partial charge in [0.25, 0.3) is 5.91 Å². The molecule has 0 bridgehead atoms. The molecule has 1 aromatic heterocycles. The van der Waals surface area contributed by atoms with E-state index >= 15 is 0 Å². The minimum absolute atomic E-state index is 0.0770. The lowest BCUT2D eigenvalue weighted by Crippen LogP contribution is -2.40. The van der Waals surface area contributed by atoms with E-state index < -0.39 is 0 Å². The monoisotopic (exact) mass is 284 g/mol. The number of aromatic nitrogens is 1. The van der Waals surface area contributed by atoms with Crippen LogP contribution in [0.1, 0.15) is 19.8 Å². The summed E-state index contributed by atoms with van der Waals surface area (Å²) in [6.07, 6.45) is 3.95. The molecule has 0 N–H and O–H groups in total. The third-order valence-electron chi connectivity index (χ3n) is 4.07. The van der Waals surface area contributed by atoms with E-state index in [9.17, 15) is 4.79 Å². The van der Waals surface area contributed by atoms with E-state index in [-0.39, 0.29) is 12.5 Å². The van der Waals surface area contributed by atoms with Crippen molar-refractivity contribution in [3.63, 3.8) is 0 Å². The van der Waals surface area contributed by atoms with Crippen LogP contribution in [0, 0.1) is 5.92 Å². The molecule has 110 valence electrons. The van der Waals surface area contributed by atoms with E-state index in [1.165, 1.54) is 0 Å². The highest BCUT2D eigenvalue weighted by molar-refractivity contribution is 5.80. The minimum atomic E-state index is 0.0770. The molecule has 0 saturated carbocycles. The van der Waals surface area contributed by atoms with Gasteiger partial charge in [-0.25, -0.2) is 0 Å². The Bertz CT molecular complexity index is 633. The Morgan fingerprint density at radius 3 is 2.95 bits per heavy atom. The number of nitrogens with zero attached hydrogens (tertiary/aromatic N) is 2. The zero-order valence-electron chi connectivity index (χ0n) is 12.3. The first-order valence-corrected chi connectivity index (χ1v) is 7.48. The van der Waals surface area contributed by atoms with Gasteiger partial charge in [0.05, 0.1) is 5.52 Å². The molecule has 4 nitrogen and oxygen atoms in total. The van der Waals surface area contributed by atoms with Crippen LogP contribution in [0.5, 0.6) is 5.75 Å². The van der Waals surface area contributed by atoms with Crippen LogP contribution in [0.4, 0.5) is 0 Å². The first-order chi connectivity index (χ1) is 10.2. The molecule has 0 aliphatic carbocycles. The van der Waals surface area contributed by atoms with Gasteiger partial charge in [-0.15, -0.1) is 0 Å². The van der Waals surface area contributed by atoms with Crippen LogP contribution in [-0.2, 0) is 4.79 Å². The Kier molecular flexibility index (Phi) is 4.04. The van der Waals surface area contributed by atoms with Crippen molar-refractivity contribution < 1.29 is 9.53 Å². The molecular formula is C17H20N2O2. The predicted molar refractivity (Wildman–Crippen MR) is 82.2 cm³/mol. The van der Waals surface area contributed by atoms with Gasteiger partial charge in [-0.05, 0) is 43.0 Å². The fraction of sp³-hybridized carbons (Fsp3) is 0.412. The number of benzene rings is 1. The lowest BCUT2D eigenvalue weighted by molar-refractivity contribution is -0.134. The highest BCUT2D eigenvalue weighted by Crippen LogP contribution is 2.20. The van der Waals surface area contributed by atoms with Gasteiger partial charge in [-0.2, -0.15) is 0 Å². The summed E-state index contributed by atoms with van der Waals surface area (Å²) in [5.74, 6) is 1.52. The van der Waals surface area contributed by atoms with Crippen molar-refractivity contribution in [2.45, 2.75) is 19.8 Å². The topological polar surface area (TPSA) is 42.4 Å². The molecule has 3 rings (SSSR count). The summed E-state index contributed by atoms with van der Waals surface area (Å²) < 4.78 is 5.64. The van der Waals surface area contributed by atoms with Crippen molar-refractivity contribution in [1.82, 2.24) is 9.88 Å². The van der Waals surface area contributed by atoms with Crippen LogP contribution in [0.2, 0.25) is 0 Å². The molecule has 2 aromatic rings. The smallest absolute Gasteiger partial charge is 0.260 e. The second-order valence-corrected chi connectivity index (χ2v) is 5.71. The van der Waals surface area contributed by atoms with Gasteiger partial charge >= 0.3 is 0 Å². The van der Waals surface area contributed by atoms with Crippen molar-refractivity contribution in [3.05, 3.63) is 36.5 Å². The second kappa shape index (κ2) is 6.12. The average Bonchev–Trinajstić information content (AvgIpc) is 2.53. The zero-order chi connectivity index (χ0) is 14.7. The van der Waals surface area contributed by atoms with Crippen LogP contribution in [0.25, 0.3) is 10.9 Å². The summed E-state index contributed by atoms with van der Waals surface area (Å²) in [6, 6.07) is 9.59. The summed E-state index contributed by atoms with van der Waals surface area (Å²) >= 11 is 0. The highest BCUT2D eigenvalue weighted by Gasteiger charge is 2.20. The molecule has 21 heavy (non-hydrogen) atoms. The fourth-order valence-electron chi connectivity index (χ4n) is 2.64. The van der Waals surface area contributed by atoms with Crippen LogP contribution in [0.15, 0.2) is 36.5 Å². The van der Waals surface area contributed by atoms with Gasteiger partial charge in [-0.1, -0.05) is 13.0 Å². The largest absolute Gasteiger partial charge is 0.484 e. The normalized spacial score (nSPS) is 16.1. The van der Waals surface area contributed by atoms with E-state index in [1.807, 2.05) is 35.2 Å². The molecule has 1 amide bonds. The number of rotatable bonds is 3. The van der Waals surface area contributed by atoms with Gasteiger partial charge in [0.15, 0.2) is 6.61 Å². The van der Waals surface area contributed by atoms with Gasteiger partial charge in [0, 0.05) is 24.7 Å². The molecule has 1 fully saturated rings. The van der Waals surface area contributed by atoms with Crippen molar-refractivity contribution in [1.29, 1.82) is 0 Å². The van der Waals surface area contributed by atoms with Crippen molar-refractivity contribution in [2.24, 2.45) is 5.92 Å². The lowest BCUT2D eigenvalue weighted by Gasteiger charge is -2.30. The summed E-state index contributed by atoms with van der Waals surface area (Å²) in [7, 11) is 0. The molecule has 1 aliphatic heterocycles. The SMILES string of the molecule is CC1CCN(C(=O)COc2ccc3ncccc3c2)CC1. The summed E-state index contributed by atoms with van der Waals surface area (Å²) in [4.78, 5) is 18.3. The first kappa shape index (κ1) is 13.9. The number of amides is 1. The van der Waals surface area contributed by atoms with Crippen LogP contribution >= 0.6 is 0 Å². The van der Waals surface area contributed by atoms with E-state index in [0.29, 0.717) is 5.75 Å².